The molecule has 10 nitrogen and oxygen atoms in total. The number of piperidine rings is 1. The summed E-state index contributed by atoms with van der Waals surface area (Å²) < 4.78 is 0. The number of amides is 3. The lowest BCUT2D eigenvalue weighted by atomic mass is 9.95. The average molecular weight is 505 g/mol. The lowest BCUT2D eigenvalue weighted by molar-refractivity contribution is -0.133. The summed E-state index contributed by atoms with van der Waals surface area (Å²) in [6.45, 7) is 6.52. The molecule has 2 aromatic rings. The number of pyridine rings is 1. The summed E-state index contributed by atoms with van der Waals surface area (Å²) in [7, 11) is 3.62. The standard InChI is InChI=1S/C27H36N8O2/c1-19(2)35(18-28)25(29)23-6-5-7-24(30-23)34-17-16-33(27(34)37)22-10-8-21(9-11-22)32-14-12-20(13-15-32)26(36)31(3)4/h5-11,18-20,28-29H,12-17H2,1-4H3. The second-order valence-electron chi connectivity index (χ2n) is 9.96. The van der Waals surface area contributed by atoms with Gasteiger partial charge in [0.05, 0.1) is 6.34 Å². The first-order valence-electron chi connectivity index (χ1n) is 12.7. The van der Waals surface area contributed by atoms with E-state index < -0.39 is 0 Å². The Morgan fingerprint density at radius 1 is 1.00 bits per heavy atom. The smallest absolute Gasteiger partial charge is 0.330 e. The number of aromatic nitrogens is 1. The number of carbonyl (C=O) groups excluding carboxylic acids is 2. The van der Waals surface area contributed by atoms with Gasteiger partial charge >= 0.3 is 6.03 Å². The Hall–Kier alpha value is -3.95. The molecule has 0 spiro atoms. The maximum Gasteiger partial charge on any atom is 0.330 e. The fourth-order valence-electron chi connectivity index (χ4n) is 4.89. The maximum atomic E-state index is 13.3. The first-order chi connectivity index (χ1) is 17.7. The molecule has 4 rings (SSSR count). The molecule has 1 aromatic heterocycles. The van der Waals surface area contributed by atoms with Crippen LogP contribution in [0.4, 0.5) is 22.0 Å². The molecule has 2 aliphatic rings. The van der Waals surface area contributed by atoms with Crippen LogP contribution in [0.1, 0.15) is 32.4 Å². The largest absolute Gasteiger partial charge is 0.371 e. The van der Waals surface area contributed by atoms with Gasteiger partial charge in [0.1, 0.15) is 11.5 Å². The number of amidine groups is 1. The molecule has 0 saturated carbocycles. The van der Waals surface area contributed by atoms with Gasteiger partial charge in [0.25, 0.3) is 0 Å². The molecule has 0 aliphatic carbocycles. The van der Waals surface area contributed by atoms with Crippen molar-refractivity contribution in [2.75, 3.05) is 55.0 Å². The van der Waals surface area contributed by atoms with Gasteiger partial charge in [-0.05, 0) is 63.1 Å². The van der Waals surface area contributed by atoms with Gasteiger partial charge in [-0.2, -0.15) is 0 Å². The van der Waals surface area contributed by atoms with Crippen molar-refractivity contribution in [3.63, 3.8) is 0 Å². The summed E-state index contributed by atoms with van der Waals surface area (Å²) >= 11 is 0. The summed E-state index contributed by atoms with van der Waals surface area (Å²) in [5.41, 5.74) is 2.34. The summed E-state index contributed by atoms with van der Waals surface area (Å²) in [4.78, 5) is 39.0. The van der Waals surface area contributed by atoms with Crippen molar-refractivity contribution in [3.8, 4) is 0 Å². The quantitative estimate of drug-likeness (QED) is 0.443. The third-order valence-electron chi connectivity index (χ3n) is 7.03. The molecule has 2 N–H and O–H groups in total. The molecule has 0 radical (unpaired) electrons. The number of hydrogen-bond donors (Lipinski definition) is 2. The molecule has 2 aliphatic heterocycles. The van der Waals surface area contributed by atoms with Gasteiger partial charge < -0.3 is 14.7 Å². The zero-order valence-corrected chi connectivity index (χ0v) is 22.0. The van der Waals surface area contributed by atoms with Gasteiger partial charge in [0.15, 0.2) is 5.84 Å². The summed E-state index contributed by atoms with van der Waals surface area (Å²) in [6.07, 6.45) is 2.81. The van der Waals surface area contributed by atoms with E-state index in [0.717, 1.165) is 43.6 Å². The van der Waals surface area contributed by atoms with E-state index in [1.807, 2.05) is 52.2 Å². The maximum absolute atomic E-state index is 13.3. The molecule has 196 valence electrons. The summed E-state index contributed by atoms with van der Waals surface area (Å²) in [5, 5.41) is 16.0. The number of nitrogens with zero attached hydrogens (tertiary/aromatic N) is 6. The van der Waals surface area contributed by atoms with Crippen molar-refractivity contribution in [1.82, 2.24) is 14.8 Å². The number of carbonyl (C=O) groups is 2. The second kappa shape index (κ2) is 11.0. The number of rotatable bonds is 7. The van der Waals surface area contributed by atoms with Crippen LogP contribution in [0.3, 0.4) is 0 Å². The SMILES string of the molecule is CC(C)N(C=N)C(=N)c1cccc(N2CCN(c3ccc(N4CCC(C(=O)N(C)C)CC4)cc3)C2=O)n1. The lowest BCUT2D eigenvalue weighted by Crippen LogP contribution is -2.40. The minimum Gasteiger partial charge on any atom is -0.371 e. The van der Waals surface area contributed by atoms with Crippen molar-refractivity contribution in [1.29, 1.82) is 10.8 Å². The van der Waals surface area contributed by atoms with E-state index in [1.54, 1.807) is 32.9 Å². The van der Waals surface area contributed by atoms with Gasteiger partial charge in [0, 0.05) is 63.6 Å². The Balaban J connectivity index is 1.41. The van der Waals surface area contributed by atoms with Crippen LogP contribution in [-0.2, 0) is 4.79 Å². The van der Waals surface area contributed by atoms with Crippen molar-refractivity contribution in [3.05, 3.63) is 48.2 Å². The van der Waals surface area contributed by atoms with Crippen LogP contribution in [0, 0.1) is 16.7 Å². The average Bonchev–Trinajstić information content (AvgIpc) is 3.29. The van der Waals surface area contributed by atoms with Crippen molar-refractivity contribution < 1.29 is 9.59 Å². The highest BCUT2D eigenvalue weighted by molar-refractivity contribution is 6.06. The molecule has 2 saturated heterocycles. The fourth-order valence-corrected chi connectivity index (χ4v) is 4.89. The molecular formula is C27H36N8O2. The predicted octanol–water partition coefficient (Wildman–Crippen LogP) is 3.48. The van der Waals surface area contributed by atoms with Crippen LogP contribution in [0.5, 0.6) is 0 Å². The molecule has 10 heteroatoms. The third-order valence-corrected chi connectivity index (χ3v) is 7.03. The van der Waals surface area contributed by atoms with Crippen LogP contribution in [0.15, 0.2) is 42.5 Å². The Morgan fingerprint density at radius 3 is 2.22 bits per heavy atom. The molecule has 0 atom stereocenters. The predicted molar refractivity (Wildman–Crippen MR) is 147 cm³/mol. The Morgan fingerprint density at radius 2 is 1.62 bits per heavy atom. The van der Waals surface area contributed by atoms with Gasteiger partial charge in [-0.15, -0.1) is 0 Å². The first-order valence-corrected chi connectivity index (χ1v) is 12.7. The number of hydrogen-bond acceptors (Lipinski definition) is 6. The topological polar surface area (TPSA) is 111 Å². The van der Waals surface area contributed by atoms with Gasteiger partial charge in [-0.1, -0.05) is 6.07 Å². The molecule has 3 amide bonds. The zero-order valence-electron chi connectivity index (χ0n) is 22.0. The van der Waals surface area contributed by atoms with Gasteiger partial charge in [-0.25, -0.2) is 9.78 Å². The molecular weight excluding hydrogens is 468 g/mol. The van der Waals surface area contributed by atoms with E-state index in [1.165, 1.54) is 4.90 Å². The number of urea groups is 1. The highest BCUT2D eigenvalue weighted by Crippen LogP contribution is 2.29. The van der Waals surface area contributed by atoms with Crippen LogP contribution in [0.25, 0.3) is 0 Å². The van der Waals surface area contributed by atoms with E-state index in [-0.39, 0.29) is 29.7 Å². The highest BCUT2D eigenvalue weighted by Gasteiger charge is 2.32. The molecule has 2 fully saturated rings. The Labute approximate surface area is 218 Å². The van der Waals surface area contributed by atoms with Gasteiger partial charge in [-0.3, -0.25) is 25.4 Å². The summed E-state index contributed by atoms with van der Waals surface area (Å²) in [6, 6.07) is 13.1. The fraction of sp³-hybridized carbons (Fsp3) is 0.444. The van der Waals surface area contributed by atoms with E-state index >= 15 is 0 Å². The van der Waals surface area contributed by atoms with Crippen LogP contribution >= 0.6 is 0 Å². The number of benzene rings is 1. The van der Waals surface area contributed by atoms with Crippen LogP contribution in [0.2, 0.25) is 0 Å². The second-order valence-corrected chi connectivity index (χ2v) is 9.96. The first kappa shape index (κ1) is 26.1. The third kappa shape index (κ3) is 5.42. The minimum absolute atomic E-state index is 0.0470. The Bertz CT molecular complexity index is 1160. The molecule has 1 aromatic carbocycles. The zero-order chi connectivity index (χ0) is 26.7. The summed E-state index contributed by atoms with van der Waals surface area (Å²) in [5.74, 6) is 0.917. The van der Waals surface area contributed by atoms with Crippen LogP contribution in [-0.4, -0.2) is 85.2 Å². The lowest BCUT2D eigenvalue weighted by Gasteiger charge is -2.34. The van der Waals surface area contributed by atoms with Crippen molar-refractivity contribution >= 4 is 41.3 Å². The van der Waals surface area contributed by atoms with E-state index in [2.05, 4.69) is 9.88 Å². The molecule has 3 heterocycles. The highest BCUT2D eigenvalue weighted by atomic mass is 16.2. The number of anilines is 3. The van der Waals surface area contributed by atoms with Crippen LogP contribution < -0.4 is 14.7 Å². The van der Waals surface area contributed by atoms with E-state index in [4.69, 9.17) is 10.8 Å². The molecule has 0 unspecified atom stereocenters. The van der Waals surface area contributed by atoms with Crippen molar-refractivity contribution in [2.45, 2.75) is 32.7 Å². The number of nitrogens with one attached hydrogen (secondary N) is 2. The monoisotopic (exact) mass is 504 g/mol. The normalized spacial score (nSPS) is 16.4. The minimum atomic E-state index is -0.153. The van der Waals surface area contributed by atoms with E-state index in [9.17, 15) is 9.59 Å². The van der Waals surface area contributed by atoms with Crippen molar-refractivity contribution in [2.24, 2.45) is 5.92 Å². The van der Waals surface area contributed by atoms with E-state index in [0.29, 0.717) is 24.6 Å². The molecule has 0 bridgehead atoms. The Kier molecular flexibility index (Phi) is 7.75. The van der Waals surface area contributed by atoms with Gasteiger partial charge in [0.2, 0.25) is 5.91 Å². The molecule has 37 heavy (non-hydrogen) atoms.